The molecular formula is C16H18F2N2. The monoisotopic (exact) mass is 276 g/mol. The Morgan fingerprint density at radius 1 is 1.05 bits per heavy atom. The first-order chi connectivity index (χ1) is 9.65. The van der Waals surface area contributed by atoms with Gasteiger partial charge >= 0.3 is 0 Å². The summed E-state index contributed by atoms with van der Waals surface area (Å²) in [5, 5.41) is 0. The molecule has 0 saturated carbocycles. The highest BCUT2D eigenvalue weighted by molar-refractivity contribution is 5.66. The molecule has 0 heterocycles. The Kier molecular flexibility index (Phi) is 4.69. The largest absolute Gasteiger partial charge is 0.341 e. The highest BCUT2D eigenvalue weighted by Gasteiger charge is 2.13. The molecule has 20 heavy (non-hydrogen) atoms. The van der Waals surface area contributed by atoms with Gasteiger partial charge in [-0.05, 0) is 61.9 Å². The Morgan fingerprint density at radius 3 is 2.45 bits per heavy atom. The van der Waals surface area contributed by atoms with Crippen molar-refractivity contribution in [1.29, 1.82) is 0 Å². The van der Waals surface area contributed by atoms with Gasteiger partial charge in [-0.25, -0.2) is 8.78 Å². The summed E-state index contributed by atoms with van der Waals surface area (Å²) < 4.78 is 26.8. The third kappa shape index (κ3) is 3.14. The maximum atomic E-state index is 13.4. The van der Waals surface area contributed by atoms with E-state index in [2.05, 4.69) is 0 Å². The lowest BCUT2D eigenvalue weighted by atomic mass is 10.1. The molecule has 0 aliphatic carbocycles. The summed E-state index contributed by atoms with van der Waals surface area (Å²) in [6, 6.07) is 11.0. The standard InChI is InChI=1S/C16H18F2N2/c1-2-20(15-5-3-4-13(17)11-15)16-7-6-14(18)10-12(16)8-9-19/h3-7,10-11H,2,8-9,19H2,1H3. The minimum atomic E-state index is -0.288. The lowest BCUT2D eigenvalue weighted by Gasteiger charge is -2.26. The average Bonchev–Trinajstić information content (AvgIpc) is 2.42. The second kappa shape index (κ2) is 6.48. The maximum Gasteiger partial charge on any atom is 0.125 e. The van der Waals surface area contributed by atoms with Crippen LogP contribution in [0.25, 0.3) is 0 Å². The zero-order valence-corrected chi connectivity index (χ0v) is 11.4. The van der Waals surface area contributed by atoms with Gasteiger partial charge in [0.1, 0.15) is 11.6 Å². The third-order valence-corrected chi connectivity index (χ3v) is 3.18. The fraction of sp³-hybridized carbons (Fsp3) is 0.250. The van der Waals surface area contributed by atoms with Crippen molar-refractivity contribution in [3.05, 3.63) is 59.7 Å². The molecule has 0 saturated heterocycles. The van der Waals surface area contributed by atoms with Gasteiger partial charge in [0.15, 0.2) is 0 Å². The van der Waals surface area contributed by atoms with E-state index >= 15 is 0 Å². The van der Waals surface area contributed by atoms with Crippen molar-refractivity contribution in [2.24, 2.45) is 5.73 Å². The highest BCUT2D eigenvalue weighted by Crippen LogP contribution is 2.29. The molecule has 2 aromatic carbocycles. The molecule has 2 aromatic rings. The molecular weight excluding hydrogens is 258 g/mol. The Hall–Kier alpha value is -1.94. The average molecular weight is 276 g/mol. The van der Waals surface area contributed by atoms with E-state index in [9.17, 15) is 8.78 Å². The van der Waals surface area contributed by atoms with Gasteiger partial charge < -0.3 is 10.6 Å². The van der Waals surface area contributed by atoms with Crippen molar-refractivity contribution in [1.82, 2.24) is 0 Å². The Morgan fingerprint density at radius 2 is 1.80 bits per heavy atom. The fourth-order valence-electron chi connectivity index (χ4n) is 2.31. The first-order valence-corrected chi connectivity index (χ1v) is 6.67. The van der Waals surface area contributed by atoms with E-state index in [-0.39, 0.29) is 11.6 Å². The first-order valence-electron chi connectivity index (χ1n) is 6.67. The number of anilines is 2. The molecule has 0 spiro atoms. The second-order valence-electron chi connectivity index (χ2n) is 4.54. The molecule has 4 heteroatoms. The molecule has 2 rings (SSSR count). The smallest absolute Gasteiger partial charge is 0.125 e. The van der Waals surface area contributed by atoms with Gasteiger partial charge in [-0.15, -0.1) is 0 Å². The van der Waals surface area contributed by atoms with E-state index in [1.165, 1.54) is 24.3 Å². The summed E-state index contributed by atoms with van der Waals surface area (Å²) >= 11 is 0. The number of halogens is 2. The van der Waals surface area contributed by atoms with Crippen molar-refractivity contribution in [3.63, 3.8) is 0 Å². The van der Waals surface area contributed by atoms with Crippen molar-refractivity contribution >= 4 is 11.4 Å². The summed E-state index contributed by atoms with van der Waals surface area (Å²) in [6.45, 7) is 3.07. The van der Waals surface area contributed by atoms with Gasteiger partial charge in [0, 0.05) is 17.9 Å². The molecule has 0 unspecified atom stereocenters. The van der Waals surface area contributed by atoms with Gasteiger partial charge in [0.25, 0.3) is 0 Å². The van der Waals surface area contributed by atoms with Crippen molar-refractivity contribution < 1.29 is 8.78 Å². The molecule has 0 aliphatic rings. The normalized spacial score (nSPS) is 10.6. The molecule has 0 radical (unpaired) electrons. The third-order valence-electron chi connectivity index (χ3n) is 3.18. The number of benzene rings is 2. The minimum Gasteiger partial charge on any atom is -0.341 e. The molecule has 0 amide bonds. The van der Waals surface area contributed by atoms with Crippen LogP contribution in [-0.4, -0.2) is 13.1 Å². The minimum absolute atomic E-state index is 0.285. The summed E-state index contributed by atoms with van der Waals surface area (Å²) in [5.41, 5.74) is 8.03. The number of nitrogens with zero attached hydrogens (tertiary/aromatic N) is 1. The Balaban J connectivity index is 2.46. The number of rotatable bonds is 5. The summed E-state index contributed by atoms with van der Waals surface area (Å²) in [4.78, 5) is 1.95. The first kappa shape index (κ1) is 14.5. The lowest BCUT2D eigenvalue weighted by molar-refractivity contribution is 0.624. The quantitative estimate of drug-likeness (QED) is 0.903. The topological polar surface area (TPSA) is 29.3 Å². The van der Waals surface area contributed by atoms with Crippen LogP contribution in [-0.2, 0) is 6.42 Å². The summed E-state index contributed by atoms with van der Waals surface area (Å²) in [7, 11) is 0. The summed E-state index contributed by atoms with van der Waals surface area (Å²) in [5.74, 6) is -0.573. The van der Waals surface area contributed by atoms with E-state index in [4.69, 9.17) is 5.73 Å². The van der Waals surface area contributed by atoms with Gasteiger partial charge in [0.2, 0.25) is 0 Å². The zero-order valence-electron chi connectivity index (χ0n) is 11.4. The van der Waals surface area contributed by atoms with Crippen LogP contribution in [0.5, 0.6) is 0 Å². The van der Waals surface area contributed by atoms with E-state index in [1.54, 1.807) is 12.1 Å². The fourth-order valence-corrected chi connectivity index (χ4v) is 2.31. The van der Waals surface area contributed by atoms with Crippen LogP contribution in [0, 0.1) is 11.6 Å². The Labute approximate surface area is 117 Å². The van der Waals surface area contributed by atoms with Crippen LogP contribution in [0.4, 0.5) is 20.2 Å². The van der Waals surface area contributed by atoms with Crippen LogP contribution in [0.1, 0.15) is 12.5 Å². The predicted molar refractivity (Wildman–Crippen MR) is 78.2 cm³/mol. The number of nitrogens with two attached hydrogens (primary N) is 1. The SMILES string of the molecule is CCN(c1cccc(F)c1)c1ccc(F)cc1CCN. The van der Waals surface area contributed by atoms with Crippen LogP contribution in [0.2, 0.25) is 0 Å². The van der Waals surface area contributed by atoms with Gasteiger partial charge in [-0.2, -0.15) is 0 Å². The highest BCUT2D eigenvalue weighted by atomic mass is 19.1. The number of hydrogen-bond donors (Lipinski definition) is 1. The van der Waals surface area contributed by atoms with Gasteiger partial charge in [-0.1, -0.05) is 6.07 Å². The van der Waals surface area contributed by atoms with Crippen LogP contribution in [0.15, 0.2) is 42.5 Å². The molecule has 0 aliphatic heterocycles. The van der Waals surface area contributed by atoms with E-state index < -0.39 is 0 Å². The lowest BCUT2D eigenvalue weighted by Crippen LogP contribution is -2.19. The van der Waals surface area contributed by atoms with Crippen molar-refractivity contribution in [2.45, 2.75) is 13.3 Å². The van der Waals surface area contributed by atoms with Crippen LogP contribution in [0.3, 0.4) is 0 Å². The summed E-state index contributed by atoms with van der Waals surface area (Å²) in [6.07, 6.45) is 0.582. The van der Waals surface area contributed by atoms with Gasteiger partial charge in [-0.3, -0.25) is 0 Å². The van der Waals surface area contributed by atoms with E-state index in [0.717, 1.165) is 16.9 Å². The van der Waals surface area contributed by atoms with E-state index in [1.807, 2.05) is 17.9 Å². The molecule has 2 N–H and O–H groups in total. The second-order valence-corrected chi connectivity index (χ2v) is 4.54. The van der Waals surface area contributed by atoms with Crippen molar-refractivity contribution in [2.75, 3.05) is 18.0 Å². The van der Waals surface area contributed by atoms with Crippen LogP contribution < -0.4 is 10.6 Å². The molecule has 2 nitrogen and oxygen atoms in total. The zero-order chi connectivity index (χ0) is 14.5. The maximum absolute atomic E-state index is 13.4. The molecule has 0 aromatic heterocycles. The Bertz CT molecular complexity index is 584. The molecule has 106 valence electrons. The molecule has 0 atom stereocenters. The number of hydrogen-bond acceptors (Lipinski definition) is 2. The van der Waals surface area contributed by atoms with Gasteiger partial charge in [0.05, 0.1) is 0 Å². The predicted octanol–water partition coefficient (Wildman–Crippen LogP) is 3.62. The molecule has 0 bridgehead atoms. The van der Waals surface area contributed by atoms with E-state index in [0.29, 0.717) is 19.5 Å². The van der Waals surface area contributed by atoms with Crippen molar-refractivity contribution in [3.8, 4) is 0 Å². The molecule has 0 fully saturated rings. The van der Waals surface area contributed by atoms with Crippen LogP contribution >= 0.6 is 0 Å².